The Labute approximate surface area is 99.0 Å². The molecule has 3 rings (SSSR count). The van der Waals surface area contributed by atoms with Gasteiger partial charge in [0, 0.05) is 26.2 Å². The highest BCUT2D eigenvalue weighted by molar-refractivity contribution is 6.20. The fourth-order valence-corrected chi connectivity index (χ4v) is 2.29. The third kappa shape index (κ3) is 1.55. The van der Waals surface area contributed by atoms with E-state index in [9.17, 15) is 9.59 Å². The Balaban J connectivity index is 1.94. The van der Waals surface area contributed by atoms with Crippen LogP contribution in [0.25, 0.3) is 0 Å². The largest absolute Gasteiger partial charge is 0.314 e. The van der Waals surface area contributed by atoms with Gasteiger partial charge in [-0.2, -0.15) is 0 Å². The molecule has 1 aromatic carbocycles. The molecule has 5 heteroatoms. The highest BCUT2D eigenvalue weighted by atomic mass is 16.2. The molecule has 1 aromatic rings. The van der Waals surface area contributed by atoms with Crippen LogP contribution in [0.3, 0.4) is 0 Å². The standard InChI is InChI=1S/C12H13N3O2/c16-11-9-3-1-2-4-10(9)12(17)15(11)14-7-5-13-6-8-14/h1-4,13H,5-8H2. The molecule has 0 radical (unpaired) electrons. The van der Waals surface area contributed by atoms with Gasteiger partial charge in [0.15, 0.2) is 0 Å². The zero-order chi connectivity index (χ0) is 11.8. The maximum atomic E-state index is 12.1. The molecular formula is C12H13N3O2. The van der Waals surface area contributed by atoms with Gasteiger partial charge in [-0.1, -0.05) is 12.1 Å². The molecule has 0 saturated carbocycles. The molecule has 0 spiro atoms. The van der Waals surface area contributed by atoms with E-state index in [1.165, 1.54) is 5.01 Å². The van der Waals surface area contributed by atoms with Gasteiger partial charge >= 0.3 is 0 Å². The lowest BCUT2D eigenvalue weighted by Crippen LogP contribution is -2.54. The number of hydrogen-bond acceptors (Lipinski definition) is 4. The number of hydrazine groups is 1. The molecule has 5 nitrogen and oxygen atoms in total. The first-order valence-electron chi connectivity index (χ1n) is 5.72. The highest BCUT2D eigenvalue weighted by Crippen LogP contribution is 2.23. The second-order valence-corrected chi connectivity index (χ2v) is 4.17. The lowest BCUT2D eigenvalue weighted by atomic mass is 10.1. The van der Waals surface area contributed by atoms with E-state index in [1.807, 2.05) is 5.01 Å². The van der Waals surface area contributed by atoms with Crippen LogP contribution in [0.15, 0.2) is 24.3 Å². The maximum absolute atomic E-state index is 12.1. The summed E-state index contributed by atoms with van der Waals surface area (Å²) in [6.45, 7) is 2.97. The van der Waals surface area contributed by atoms with E-state index >= 15 is 0 Å². The van der Waals surface area contributed by atoms with Gasteiger partial charge in [0.2, 0.25) is 0 Å². The van der Waals surface area contributed by atoms with Crippen molar-refractivity contribution in [3.8, 4) is 0 Å². The second kappa shape index (κ2) is 3.94. The van der Waals surface area contributed by atoms with Crippen LogP contribution >= 0.6 is 0 Å². The first-order valence-corrected chi connectivity index (χ1v) is 5.72. The van der Waals surface area contributed by atoms with E-state index in [-0.39, 0.29) is 11.8 Å². The van der Waals surface area contributed by atoms with Crippen LogP contribution < -0.4 is 5.32 Å². The minimum atomic E-state index is -0.201. The zero-order valence-electron chi connectivity index (χ0n) is 9.35. The number of benzene rings is 1. The smallest absolute Gasteiger partial charge is 0.276 e. The summed E-state index contributed by atoms with van der Waals surface area (Å²) in [5.41, 5.74) is 1.02. The Bertz CT molecular complexity index is 445. The molecule has 2 aliphatic heterocycles. The average Bonchev–Trinajstić information content (AvgIpc) is 2.64. The molecule has 2 heterocycles. The van der Waals surface area contributed by atoms with Gasteiger partial charge in [0.05, 0.1) is 11.1 Å². The van der Waals surface area contributed by atoms with Crippen molar-refractivity contribution in [3.63, 3.8) is 0 Å². The number of carbonyl (C=O) groups is 2. The molecule has 1 saturated heterocycles. The van der Waals surface area contributed by atoms with Crippen LogP contribution in [0, 0.1) is 0 Å². The molecule has 0 aliphatic carbocycles. The van der Waals surface area contributed by atoms with Crippen molar-refractivity contribution < 1.29 is 9.59 Å². The summed E-state index contributed by atoms with van der Waals surface area (Å²) in [6.07, 6.45) is 0. The Morgan fingerprint density at radius 2 is 1.47 bits per heavy atom. The van der Waals surface area contributed by atoms with Crippen LogP contribution in [0.5, 0.6) is 0 Å². The monoisotopic (exact) mass is 231 g/mol. The number of hydrogen-bond donors (Lipinski definition) is 1. The van der Waals surface area contributed by atoms with E-state index in [0.29, 0.717) is 24.2 Å². The van der Waals surface area contributed by atoms with E-state index in [1.54, 1.807) is 24.3 Å². The lowest BCUT2D eigenvalue weighted by molar-refractivity contribution is -0.00356. The Morgan fingerprint density at radius 3 is 2.00 bits per heavy atom. The van der Waals surface area contributed by atoms with E-state index < -0.39 is 0 Å². The van der Waals surface area contributed by atoms with E-state index in [0.717, 1.165) is 13.1 Å². The Hall–Kier alpha value is -1.72. The van der Waals surface area contributed by atoms with Crippen LogP contribution in [0.4, 0.5) is 0 Å². The van der Waals surface area contributed by atoms with E-state index in [4.69, 9.17) is 0 Å². The van der Waals surface area contributed by atoms with Gasteiger partial charge in [-0.05, 0) is 12.1 Å². The molecule has 0 atom stereocenters. The summed E-state index contributed by atoms with van der Waals surface area (Å²) in [7, 11) is 0. The van der Waals surface area contributed by atoms with Crippen molar-refractivity contribution in [2.45, 2.75) is 0 Å². The Morgan fingerprint density at radius 1 is 0.941 bits per heavy atom. The van der Waals surface area contributed by atoms with Gasteiger partial charge in [0.25, 0.3) is 11.8 Å². The predicted molar refractivity (Wildman–Crippen MR) is 61.4 cm³/mol. The van der Waals surface area contributed by atoms with Gasteiger partial charge in [-0.3, -0.25) is 9.59 Å². The zero-order valence-corrected chi connectivity index (χ0v) is 9.35. The molecule has 1 N–H and O–H groups in total. The van der Waals surface area contributed by atoms with Crippen LogP contribution in [0.2, 0.25) is 0 Å². The summed E-state index contributed by atoms with van der Waals surface area (Å²) in [5, 5.41) is 6.30. The van der Waals surface area contributed by atoms with Gasteiger partial charge in [-0.15, -0.1) is 0 Å². The van der Waals surface area contributed by atoms with Crippen molar-refractivity contribution in [2.24, 2.45) is 0 Å². The SMILES string of the molecule is O=C1c2ccccc2C(=O)N1N1CCNCC1. The van der Waals surface area contributed by atoms with Gasteiger partial charge in [-0.25, -0.2) is 10.0 Å². The molecular weight excluding hydrogens is 218 g/mol. The molecule has 0 unspecified atom stereocenters. The number of nitrogens with zero attached hydrogens (tertiary/aromatic N) is 2. The Kier molecular flexibility index (Phi) is 2.42. The van der Waals surface area contributed by atoms with Gasteiger partial charge < -0.3 is 5.32 Å². The molecule has 2 amide bonds. The summed E-state index contributed by atoms with van der Waals surface area (Å²) < 4.78 is 0. The van der Waals surface area contributed by atoms with Crippen LogP contribution in [0.1, 0.15) is 20.7 Å². The first-order chi connectivity index (χ1) is 8.29. The third-order valence-electron chi connectivity index (χ3n) is 3.15. The number of amides is 2. The van der Waals surface area contributed by atoms with E-state index in [2.05, 4.69) is 5.32 Å². The topological polar surface area (TPSA) is 52.7 Å². The molecule has 2 aliphatic rings. The second-order valence-electron chi connectivity index (χ2n) is 4.17. The number of imide groups is 1. The maximum Gasteiger partial charge on any atom is 0.276 e. The minimum absolute atomic E-state index is 0.201. The fourth-order valence-electron chi connectivity index (χ4n) is 2.29. The van der Waals surface area contributed by atoms with Crippen molar-refractivity contribution in [3.05, 3.63) is 35.4 Å². The number of piperazine rings is 1. The van der Waals surface area contributed by atoms with Gasteiger partial charge in [0.1, 0.15) is 0 Å². The third-order valence-corrected chi connectivity index (χ3v) is 3.15. The minimum Gasteiger partial charge on any atom is -0.314 e. The number of nitrogens with one attached hydrogen (secondary N) is 1. The van der Waals surface area contributed by atoms with Crippen molar-refractivity contribution in [1.29, 1.82) is 0 Å². The quantitative estimate of drug-likeness (QED) is 0.697. The average molecular weight is 231 g/mol. The highest BCUT2D eigenvalue weighted by Gasteiger charge is 2.39. The van der Waals surface area contributed by atoms with Crippen molar-refractivity contribution in [2.75, 3.05) is 26.2 Å². The number of fused-ring (bicyclic) bond motifs is 1. The predicted octanol–water partition coefficient (Wildman–Crippen LogP) is 0.103. The number of carbonyl (C=O) groups excluding carboxylic acids is 2. The summed E-state index contributed by atoms with van der Waals surface area (Å²) >= 11 is 0. The van der Waals surface area contributed by atoms with Crippen molar-refractivity contribution >= 4 is 11.8 Å². The molecule has 1 fully saturated rings. The fraction of sp³-hybridized carbons (Fsp3) is 0.333. The summed E-state index contributed by atoms with van der Waals surface area (Å²) in [5.74, 6) is -0.403. The summed E-state index contributed by atoms with van der Waals surface area (Å²) in [6, 6.07) is 6.98. The lowest BCUT2D eigenvalue weighted by Gasteiger charge is -2.33. The molecule has 17 heavy (non-hydrogen) atoms. The normalized spacial score (nSPS) is 20.8. The molecule has 88 valence electrons. The van der Waals surface area contributed by atoms with Crippen LogP contribution in [-0.2, 0) is 0 Å². The van der Waals surface area contributed by atoms with Crippen LogP contribution in [-0.4, -0.2) is 48.0 Å². The summed E-state index contributed by atoms with van der Waals surface area (Å²) in [4.78, 5) is 24.3. The number of rotatable bonds is 1. The molecule has 0 bridgehead atoms. The molecule has 0 aromatic heterocycles. The van der Waals surface area contributed by atoms with Crippen molar-refractivity contribution in [1.82, 2.24) is 15.3 Å². The first kappa shape index (κ1) is 10.4.